The summed E-state index contributed by atoms with van der Waals surface area (Å²) < 4.78 is 0. The Balaban J connectivity index is 2.34. The van der Waals surface area contributed by atoms with Crippen LogP contribution in [0.2, 0.25) is 0 Å². The van der Waals surface area contributed by atoms with Gasteiger partial charge in [-0.1, -0.05) is 5.92 Å². The molecule has 1 heterocycles. The predicted molar refractivity (Wildman–Crippen MR) is 42.8 cm³/mol. The quantitative estimate of drug-likeness (QED) is 0.530. The highest BCUT2D eigenvalue weighted by molar-refractivity contribution is 5.80. The second-order valence-corrected chi connectivity index (χ2v) is 2.75. The molecule has 0 atom stereocenters. The van der Waals surface area contributed by atoms with Gasteiger partial charge in [-0.15, -0.1) is 6.42 Å². The number of nitrogens with zero attached hydrogens (tertiary/aromatic N) is 1. The monoisotopic (exact) mass is 152 g/mol. The summed E-state index contributed by atoms with van der Waals surface area (Å²) in [6, 6.07) is 0. The van der Waals surface area contributed by atoms with Crippen molar-refractivity contribution in [3.05, 3.63) is 0 Å². The van der Waals surface area contributed by atoms with Crippen LogP contribution >= 0.6 is 0 Å². The van der Waals surface area contributed by atoms with Crippen molar-refractivity contribution in [3.8, 4) is 12.3 Å². The summed E-state index contributed by atoms with van der Waals surface area (Å²) in [4.78, 5) is 12.9. The Hall–Kier alpha value is -1.01. The van der Waals surface area contributed by atoms with Crippen molar-refractivity contribution in [3.63, 3.8) is 0 Å². The van der Waals surface area contributed by atoms with E-state index in [4.69, 9.17) is 6.42 Å². The fraction of sp³-hybridized carbons (Fsp3) is 0.625. The minimum absolute atomic E-state index is 0.154. The van der Waals surface area contributed by atoms with Gasteiger partial charge in [-0.2, -0.15) is 0 Å². The van der Waals surface area contributed by atoms with Crippen molar-refractivity contribution >= 4 is 5.91 Å². The van der Waals surface area contributed by atoms with Crippen molar-refractivity contribution < 1.29 is 4.79 Å². The Bertz CT molecular complexity index is 191. The Kier molecular flexibility index (Phi) is 2.50. The molecule has 0 unspecified atom stereocenters. The molecule has 1 aliphatic heterocycles. The molecule has 1 rings (SSSR count). The lowest BCUT2D eigenvalue weighted by molar-refractivity contribution is -0.135. The molecule has 0 spiro atoms. The smallest absolute Gasteiger partial charge is 0.228 e. The molecule has 0 saturated carbocycles. The topological polar surface area (TPSA) is 32.3 Å². The van der Waals surface area contributed by atoms with Crippen LogP contribution in [0.25, 0.3) is 0 Å². The number of terminal acetylenes is 1. The number of carbonyl (C=O) groups is 1. The molecule has 1 saturated heterocycles. The van der Waals surface area contributed by atoms with Gasteiger partial charge in [0.05, 0.1) is 12.5 Å². The van der Waals surface area contributed by atoms with Crippen molar-refractivity contribution in [1.82, 2.24) is 10.2 Å². The van der Waals surface area contributed by atoms with Gasteiger partial charge in [0.2, 0.25) is 5.91 Å². The SMILES string of the molecule is C#CCN(C)C(=O)C1CNC1. The third-order valence-corrected chi connectivity index (χ3v) is 1.84. The fourth-order valence-corrected chi connectivity index (χ4v) is 0.990. The van der Waals surface area contributed by atoms with E-state index < -0.39 is 0 Å². The van der Waals surface area contributed by atoms with Gasteiger partial charge in [0.15, 0.2) is 0 Å². The van der Waals surface area contributed by atoms with Gasteiger partial charge in [-0.25, -0.2) is 0 Å². The molecule has 11 heavy (non-hydrogen) atoms. The molecule has 0 bridgehead atoms. The third-order valence-electron chi connectivity index (χ3n) is 1.84. The van der Waals surface area contributed by atoms with Gasteiger partial charge < -0.3 is 10.2 Å². The summed E-state index contributed by atoms with van der Waals surface area (Å²) in [5.74, 6) is 2.75. The maximum absolute atomic E-state index is 11.3. The maximum Gasteiger partial charge on any atom is 0.228 e. The molecule has 0 aromatic rings. The molecule has 3 heteroatoms. The zero-order valence-corrected chi connectivity index (χ0v) is 6.63. The molecule has 1 N–H and O–H groups in total. The molecule has 0 aliphatic carbocycles. The zero-order chi connectivity index (χ0) is 8.27. The van der Waals surface area contributed by atoms with Crippen LogP contribution in [0, 0.1) is 18.3 Å². The number of amides is 1. The number of hydrogen-bond acceptors (Lipinski definition) is 2. The molecule has 0 radical (unpaired) electrons. The second-order valence-electron chi connectivity index (χ2n) is 2.75. The largest absolute Gasteiger partial charge is 0.334 e. The summed E-state index contributed by atoms with van der Waals surface area (Å²) in [6.45, 7) is 2.01. The van der Waals surface area contributed by atoms with Crippen LogP contribution in [-0.4, -0.2) is 37.5 Å². The van der Waals surface area contributed by atoms with Gasteiger partial charge in [-0.05, 0) is 0 Å². The fourth-order valence-electron chi connectivity index (χ4n) is 0.990. The number of rotatable bonds is 2. The first-order valence-electron chi connectivity index (χ1n) is 3.65. The number of hydrogen-bond donors (Lipinski definition) is 1. The van der Waals surface area contributed by atoms with E-state index in [2.05, 4.69) is 11.2 Å². The minimum Gasteiger partial charge on any atom is -0.334 e. The van der Waals surface area contributed by atoms with Crippen molar-refractivity contribution in [2.75, 3.05) is 26.7 Å². The maximum atomic E-state index is 11.3. The minimum atomic E-state index is 0.154. The number of carbonyl (C=O) groups excluding carboxylic acids is 1. The van der Waals surface area contributed by atoms with E-state index in [9.17, 15) is 4.79 Å². The van der Waals surface area contributed by atoms with E-state index in [1.807, 2.05) is 0 Å². The molecule has 1 fully saturated rings. The number of nitrogens with one attached hydrogen (secondary N) is 1. The molecule has 60 valence electrons. The zero-order valence-electron chi connectivity index (χ0n) is 6.63. The first-order chi connectivity index (χ1) is 5.25. The van der Waals surface area contributed by atoms with Gasteiger partial charge in [0, 0.05) is 20.1 Å². The first kappa shape index (κ1) is 8.09. The lowest BCUT2D eigenvalue weighted by Gasteiger charge is -2.29. The first-order valence-corrected chi connectivity index (χ1v) is 3.65. The van der Waals surface area contributed by atoms with Crippen molar-refractivity contribution in [2.24, 2.45) is 5.92 Å². The van der Waals surface area contributed by atoms with Crippen LogP contribution in [-0.2, 0) is 4.79 Å². The highest BCUT2D eigenvalue weighted by Gasteiger charge is 2.26. The highest BCUT2D eigenvalue weighted by atomic mass is 16.2. The molecule has 0 aromatic carbocycles. The lowest BCUT2D eigenvalue weighted by atomic mass is 10.0. The summed E-state index contributed by atoms with van der Waals surface area (Å²) in [6.07, 6.45) is 5.07. The molecular formula is C8H12N2O. The van der Waals surface area contributed by atoms with Crippen molar-refractivity contribution in [2.45, 2.75) is 0 Å². The van der Waals surface area contributed by atoms with E-state index in [0.29, 0.717) is 6.54 Å². The summed E-state index contributed by atoms with van der Waals surface area (Å²) in [5, 5.41) is 3.04. The summed E-state index contributed by atoms with van der Waals surface area (Å²) >= 11 is 0. The van der Waals surface area contributed by atoms with Crippen LogP contribution in [0.1, 0.15) is 0 Å². The van der Waals surface area contributed by atoms with Crippen LogP contribution in [0.4, 0.5) is 0 Å². The average Bonchev–Trinajstić information content (AvgIpc) is 1.84. The van der Waals surface area contributed by atoms with Crippen LogP contribution in [0.3, 0.4) is 0 Å². The predicted octanol–water partition coefficient (Wildman–Crippen LogP) is -0.703. The van der Waals surface area contributed by atoms with E-state index >= 15 is 0 Å². The van der Waals surface area contributed by atoms with E-state index in [1.54, 1.807) is 11.9 Å². The highest BCUT2D eigenvalue weighted by Crippen LogP contribution is 2.05. The van der Waals surface area contributed by atoms with Gasteiger partial charge in [0.25, 0.3) is 0 Å². The Labute approximate surface area is 66.8 Å². The standard InChI is InChI=1S/C8H12N2O/c1-3-4-10(2)8(11)7-5-9-6-7/h1,7,9H,4-6H2,2H3. The molecule has 1 amide bonds. The second kappa shape index (κ2) is 3.40. The Morgan fingerprint density at radius 2 is 2.45 bits per heavy atom. The average molecular weight is 152 g/mol. The van der Waals surface area contributed by atoms with E-state index in [0.717, 1.165) is 13.1 Å². The molecule has 0 aromatic heterocycles. The lowest BCUT2D eigenvalue weighted by Crippen LogP contribution is -2.51. The van der Waals surface area contributed by atoms with Crippen LogP contribution in [0.5, 0.6) is 0 Å². The van der Waals surface area contributed by atoms with Crippen molar-refractivity contribution in [1.29, 1.82) is 0 Å². The van der Waals surface area contributed by atoms with Crippen LogP contribution in [0.15, 0.2) is 0 Å². The molecule has 3 nitrogen and oxygen atoms in total. The third kappa shape index (κ3) is 1.72. The van der Waals surface area contributed by atoms with Gasteiger partial charge in [-0.3, -0.25) is 4.79 Å². The van der Waals surface area contributed by atoms with Gasteiger partial charge >= 0.3 is 0 Å². The Morgan fingerprint density at radius 3 is 2.82 bits per heavy atom. The molecular weight excluding hydrogens is 140 g/mol. The Morgan fingerprint density at radius 1 is 1.82 bits per heavy atom. The van der Waals surface area contributed by atoms with Crippen LogP contribution < -0.4 is 5.32 Å². The van der Waals surface area contributed by atoms with Gasteiger partial charge in [0.1, 0.15) is 0 Å². The van der Waals surface area contributed by atoms with E-state index in [-0.39, 0.29) is 11.8 Å². The molecule has 1 aliphatic rings. The normalized spacial score (nSPS) is 16.7. The summed E-state index contributed by atoms with van der Waals surface area (Å²) in [5.41, 5.74) is 0. The van der Waals surface area contributed by atoms with E-state index in [1.165, 1.54) is 0 Å². The summed E-state index contributed by atoms with van der Waals surface area (Å²) in [7, 11) is 1.74.